The van der Waals surface area contributed by atoms with E-state index in [9.17, 15) is 15.0 Å². The van der Waals surface area contributed by atoms with Gasteiger partial charge >= 0.3 is 0 Å². The van der Waals surface area contributed by atoms with Gasteiger partial charge in [0.15, 0.2) is 17.4 Å². The molecule has 4 nitrogen and oxygen atoms in total. The van der Waals surface area contributed by atoms with Crippen LogP contribution < -0.4 is 5.32 Å². The fourth-order valence-electron chi connectivity index (χ4n) is 1.43. The molecule has 1 amide bonds. The fraction of sp³-hybridized carbons (Fsp3) is 0. The van der Waals surface area contributed by atoms with Crippen LogP contribution in [0.25, 0.3) is 0 Å². The average molecular weight is 259 g/mol. The van der Waals surface area contributed by atoms with Gasteiger partial charge in [-0.05, 0) is 24.3 Å². The molecule has 2 rings (SSSR count). The van der Waals surface area contributed by atoms with Crippen molar-refractivity contribution in [1.82, 2.24) is 0 Å². The zero-order valence-corrected chi connectivity index (χ0v) is 8.92. The molecule has 0 bridgehead atoms. The third-order valence-electron chi connectivity index (χ3n) is 2.30. The van der Waals surface area contributed by atoms with E-state index in [1.165, 1.54) is 18.2 Å². The lowest BCUT2D eigenvalue weighted by atomic mass is 10.2. The molecule has 2 aromatic carbocycles. The highest BCUT2D eigenvalue weighted by Crippen LogP contribution is 2.23. The van der Waals surface area contributed by atoms with Gasteiger partial charge in [0.25, 0.3) is 5.91 Å². The van der Waals surface area contributed by atoms with E-state index in [-0.39, 0.29) is 34.4 Å². The van der Waals surface area contributed by atoms with E-state index in [4.69, 9.17) is 0 Å². The van der Waals surface area contributed by atoms with Gasteiger partial charge in [-0.2, -0.15) is 0 Å². The van der Waals surface area contributed by atoms with Crippen molar-refractivity contribution in [2.45, 2.75) is 0 Å². The molecule has 0 radical (unpaired) electrons. The molecule has 5 heteroatoms. The highest BCUT2D eigenvalue weighted by atomic mass is 27.0. The number of phenols is 2. The molecule has 0 aliphatic heterocycles. The van der Waals surface area contributed by atoms with Crippen LogP contribution in [0.3, 0.4) is 0 Å². The van der Waals surface area contributed by atoms with E-state index in [0.717, 1.165) is 0 Å². The molecule has 0 aliphatic rings. The quantitative estimate of drug-likeness (QED) is 0.560. The Labute approximate surface area is 115 Å². The van der Waals surface area contributed by atoms with Gasteiger partial charge in [-0.25, -0.2) is 0 Å². The Morgan fingerprint density at radius 2 is 1.44 bits per heavy atom. The summed E-state index contributed by atoms with van der Waals surface area (Å²) in [5.74, 6) is -0.582. The third kappa shape index (κ3) is 3.04. The smallest absolute Gasteiger partial charge is 0.259 e. The Morgan fingerprint density at radius 1 is 0.889 bits per heavy atom. The number of phenolic OH excluding ortho intramolecular Hbond substituents is 2. The number of anilines is 1. The number of carbonyl (C=O) groups excluding carboxylic acids is 1. The summed E-state index contributed by atoms with van der Waals surface area (Å²) in [4.78, 5) is 11.8. The van der Waals surface area contributed by atoms with Crippen LogP contribution in [0.4, 0.5) is 5.69 Å². The summed E-state index contributed by atoms with van der Waals surface area (Å²) in [5, 5.41) is 21.5. The van der Waals surface area contributed by atoms with Crippen molar-refractivity contribution < 1.29 is 15.0 Å². The highest BCUT2D eigenvalue weighted by molar-refractivity contribution is 6.06. The second kappa shape index (κ2) is 6.10. The predicted molar refractivity (Wildman–Crippen MR) is 74.1 cm³/mol. The topological polar surface area (TPSA) is 69.6 Å². The number of amides is 1. The van der Waals surface area contributed by atoms with E-state index >= 15 is 0 Å². The lowest BCUT2D eigenvalue weighted by Crippen LogP contribution is -2.11. The largest absolute Gasteiger partial charge is 0.507 e. The van der Waals surface area contributed by atoms with Crippen LogP contribution in [0.15, 0.2) is 48.5 Å². The first-order valence-electron chi connectivity index (χ1n) is 5.06. The Morgan fingerprint density at radius 3 is 2.06 bits per heavy atom. The summed E-state index contributed by atoms with van der Waals surface area (Å²) in [5.41, 5.74) is 0.469. The van der Waals surface area contributed by atoms with Crippen molar-refractivity contribution in [3.63, 3.8) is 0 Å². The second-order valence-corrected chi connectivity index (χ2v) is 3.49. The summed E-state index contributed by atoms with van der Waals surface area (Å²) in [7, 11) is 0. The number of hydrogen-bond donors (Lipinski definition) is 3. The van der Waals surface area contributed by atoms with Crippen LogP contribution in [0, 0.1) is 0 Å². The van der Waals surface area contributed by atoms with E-state index in [0.29, 0.717) is 5.69 Å². The number of carbonyl (C=O) groups is 1. The molecular weight excluding hydrogens is 245 g/mol. The number of benzene rings is 2. The van der Waals surface area contributed by atoms with Crippen molar-refractivity contribution in [3.8, 4) is 11.5 Å². The molecule has 2 aromatic rings. The number of aromatic hydroxyl groups is 2. The standard InChI is InChI=1S/C13H11NO3.Al.3H/c15-11-7-3-1-5-9(11)13(17)14-10-6-2-4-8-12(10)16;;;;/h1-8,15-16H,(H,14,17);;;;. The van der Waals surface area contributed by atoms with Crippen LogP contribution >= 0.6 is 0 Å². The Kier molecular flexibility index (Phi) is 4.78. The van der Waals surface area contributed by atoms with Crippen molar-refractivity contribution in [2.24, 2.45) is 0 Å². The summed E-state index contributed by atoms with van der Waals surface area (Å²) >= 11 is 0. The van der Waals surface area contributed by atoms with Crippen LogP contribution in [-0.2, 0) is 0 Å². The van der Waals surface area contributed by atoms with Gasteiger partial charge < -0.3 is 15.5 Å². The van der Waals surface area contributed by atoms with Crippen LogP contribution in [0.1, 0.15) is 10.4 Å². The maximum atomic E-state index is 11.8. The lowest BCUT2D eigenvalue weighted by Gasteiger charge is -2.07. The molecule has 0 atom stereocenters. The number of hydrogen-bond acceptors (Lipinski definition) is 3. The molecule has 0 saturated heterocycles. The van der Waals surface area contributed by atoms with Gasteiger partial charge in [-0.1, -0.05) is 24.3 Å². The minimum atomic E-state index is -0.468. The molecule has 0 saturated carbocycles. The first-order chi connectivity index (χ1) is 8.18. The van der Waals surface area contributed by atoms with E-state index in [1.54, 1.807) is 30.3 Å². The van der Waals surface area contributed by atoms with Crippen molar-refractivity contribution in [2.75, 3.05) is 5.32 Å². The van der Waals surface area contributed by atoms with Crippen LogP contribution in [-0.4, -0.2) is 33.5 Å². The Balaban J connectivity index is 0.00000162. The van der Waals surface area contributed by atoms with Crippen molar-refractivity contribution in [1.29, 1.82) is 0 Å². The predicted octanol–water partition coefficient (Wildman–Crippen LogP) is 1.17. The minimum absolute atomic E-state index is 0. The summed E-state index contributed by atoms with van der Waals surface area (Å²) in [6, 6.07) is 12.6. The monoisotopic (exact) mass is 259 g/mol. The first-order valence-corrected chi connectivity index (χ1v) is 5.06. The molecule has 92 valence electrons. The van der Waals surface area contributed by atoms with Gasteiger partial charge in [0, 0.05) is 0 Å². The SMILES string of the molecule is O=C(Nc1ccccc1O)c1ccccc1O.[AlH3]. The highest BCUT2D eigenvalue weighted by Gasteiger charge is 2.11. The molecule has 18 heavy (non-hydrogen) atoms. The summed E-state index contributed by atoms with van der Waals surface area (Å²) in [6.45, 7) is 0. The minimum Gasteiger partial charge on any atom is -0.507 e. The number of para-hydroxylation sites is 3. The number of rotatable bonds is 2. The van der Waals surface area contributed by atoms with E-state index in [2.05, 4.69) is 5.32 Å². The summed E-state index contributed by atoms with van der Waals surface area (Å²) < 4.78 is 0. The van der Waals surface area contributed by atoms with Gasteiger partial charge in [-0.15, -0.1) is 0 Å². The van der Waals surface area contributed by atoms with Crippen molar-refractivity contribution >= 4 is 29.0 Å². The number of nitrogens with one attached hydrogen (secondary N) is 1. The van der Waals surface area contributed by atoms with Gasteiger partial charge in [0.2, 0.25) is 0 Å². The Hall–Kier alpha value is -1.96. The molecule has 0 aromatic heterocycles. The average Bonchev–Trinajstić information content (AvgIpc) is 2.32. The normalized spacial score (nSPS) is 9.33. The maximum absolute atomic E-state index is 11.8. The zero-order chi connectivity index (χ0) is 12.3. The third-order valence-corrected chi connectivity index (χ3v) is 2.30. The molecule has 0 aliphatic carbocycles. The van der Waals surface area contributed by atoms with Gasteiger partial charge in [0.05, 0.1) is 11.3 Å². The van der Waals surface area contributed by atoms with Crippen LogP contribution in [0.2, 0.25) is 0 Å². The molecular formula is C13H14AlNO3. The molecule has 3 N–H and O–H groups in total. The molecule has 0 spiro atoms. The second-order valence-electron chi connectivity index (χ2n) is 3.49. The fourth-order valence-corrected chi connectivity index (χ4v) is 1.43. The molecule has 0 unspecified atom stereocenters. The van der Waals surface area contributed by atoms with Gasteiger partial charge in [0.1, 0.15) is 11.5 Å². The van der Waals surface area contributed by atoms with Crippen molar-refractivity contribution in [3.05, 3.63) is 54.1 Å². The van der Waals surface area contributed by atoms with E-state index < -0.39 is 5.91 Å². The molecule has 0 fully saturated rings. The van der Waals surface area contributed by atoms with Gasteiger partial charge in [-0.3, -0.25) is 4.79 Å². The lowest BCUT2D eigenvalue weighted by molar-refractivity contribution is 0.102. The summed E-state index contributed by atoms with van der Waals surface area (Å²) in [6.07, 6.45) is 0. The first kappa shape index (κ1) is 14.1. The van der Waals surface area contributed by atoms with Crippen LogP contribution in [0.5, 0.6) is 11.5 Å². The maximum Gasteiger partial charge on any atom is 0.259 e. The van der Waals surface area contributed by atoms with E-state index in [1.807, 2.05) is 0 Å². The zero-order valence-electron chi connectivity index (χ0n) is 8.92. The Bertz CT molecular complexity index is 557. The molecule has 0 heterocycles.